The molecule has 0 aliphatic carbocycles. The molecule has 0 bridgehead atoms. The monoisotopic (exact) mass is 281 g/mol. The van der Waals surface area contributed by atoms with Crippen molar-refractivity contribution in [2.45, 2.75) is 26.4 Å². The van der Waals surface area contributed by atoms with Gasteiger partial charge in [0.2, 0.25) is 0 Å². The van der Waals surface area contributed by atoms with E-state index in [0.717, 1.165) is 0 Å². The highest BCUT2D eigenvalue weighted by molar-refractivity contribution is 5.95. The largest absolute Gasteiger partial charge is 0.393 e. The van der Waals surface area contributed by atoms with Crippen LogP contribution in [0.25, 0.3) is 0 Å². The number of nitrogens with zero attached hydrogens (tertiary/aromatic N) is 1. The Labute approximate surface area is 117 Å². The van der Waals surface area contributed by atoms with Gasteiger partial charge in [-0.05, 0) is 32.4 Å². The molecule has 0 spiro atoms. The van der Waals surface area contributed by atoms with Gasteiger partial charge in [-0.25, -0.2) is 0 Å². The van der Waals surface area contributed by atoms with Crippen LogP contribution in [0.1, 0.15) is 30.6 Å². The van der Waals surface area contributed by atoms with Gasteiger partial charge in [-0.15, -0.1) is 0 Å². The van der Waals surface area contributed by atoms with Crippen LogP contribution in [0.4, 0.5) is 11.4 Å². The molecule has 0 heterocycles. The minimum absolute atomic E-state index is 0.153. The van der Waals surface area contributed by atoms with Gasteiger partial charge in [0.1, 0.15) is 5.69 Å². The van der Waals surface area contributed by atoms with Crippen molar-refractivity contribution >= 4 is 17.3 Å². The molecule has 0 aliphatic heterocycles. The number of hydrogen-bond acceptors (Lipinski definition) is 5. The molecule has 1 aromatic carbocycles. The minimum Gasteiger partial charge on any atom is -0.393 e. The predicted octanol–water partition coefficient (Wildman–Crippen LogP) is 1.53. The second-order valence-corrected chi connectivity index (χ2v) is 4.41. The normalized spacial score (nSPS) is 11.8. The number of nitro groups is 1. The maximum atomic E-state index is 11.6. The van der Waals surface area contributed by atoms with Crippen LogP contribution in [-0.4, -0.2) is 35.1 Å². The van der Waals surface area contributed by atoms with E-state index in [-0.39, 0.29) is 17.2 Å². The third-order valence-corrected chi connectivity index (χ3v) is 2.67. The zero-order valence-corrected chi connectivity index (χ0v) is 11.5. The Bertz CT molecular complexity index is 489. The molecule has 1 aromatic rings. The number of amides is 1. The van der Waals surface area contributed by atoms with Crippen LogP contribution >= 0.6 is 0 Å². The van der Waals surface area contributed by atoms with Crippen molar-refractivity contribution in [3.05, 3.63) is 33.9 Å². The van der Waals surface area contributed by atoms with E-state index in [1.807, 2.05) is 0 Å². The van der Waals surface area contributed by atoms with E-state index < -0.39 is 11.0 Å². The predicted molar refractivity (Wildman–Crippen MR) is 75.9 cm³/mol. The molecule has 3 N–H and O–H groups in total. The highest BCUT2D eigenvalue weighted by atomic mass is 16.6. The lowest BCUT2D eigenvalue weighted by molar-refractivity contribution is -0.384. The van der Waals surface area contributed by atoms with Crippen LogP contribution in [0.3, 0.4) is 0 Å². The number of aliphatic hydroxyl groups is 1. The number of carbonyl (C=O) groups is 1. The fourth-order valence-corrected chi connectivity index (χ4v) is 1.65. The molecule has 7 heteroatoms. The van der Waals surface area contributed by atoms with E-state index in [2.05, 4.69) is 10.6 Å². The lowest BCUT2D eigenvalue weighted by atomic mass is 10.1. The SMILES string of the molecule is CCNC(=O)c1ccc(NCCC(C)O)c([N+](=O)[O-])c1. The number of anilines is 1. The van der Waals surface area contributed by atoms with Gasteiger partial charge in [0, 0.05) is 24.7 Å². The van der Waals surface area contributed by atoms with Gasteiger partial charge in [-0.3, -0.25) is 14.9 Å². The molecule has 1 unspecified atom stereocenters. The first-order valence-electron chi connectivity index (χ1n) is 6.44. The molecule has 20 heavy (non-hydrogen) atoms. The average Bonchev–Trinajstić information content (AvgIpc) is 2.38. The first kappa shape index (κ1) is 15.9. The Morgan fingerprint density at radius 1 is 1.50 bits per heavy atom. The highest BCUT2D eigenvalue weighted by Gasteiger charge is 2.17. The average molecular weight is 281 g/mol. The van der Waals surface area contributed by atoms with E-state index in [4.69, 9.17) is 5.11 Å². The van der Waals surface area contributed by atoms with Crippen molar-refractivity contribution < 1.29 is 14.8 Å². The molecule has 0 radical (unpaired) electrons. The fraction of sp³-hybridized carbons (Fsp3) is 0.462. The van der Waals surface area contributed by atoms with Crippen molar-refractivity contribution in [1.82, 2.24) is 5.32 Å². The van der Waals surface area contributed by atoms with Gasteiger partial charge in [0.25, 0.3) is 11.6 Å². The number of hydrogen-bond donors (Lipinski definition) is 3. The maximum Gasteiger partial charge on any atom is 0.293 e. The lowest BCUT2D eigenvalue weighted by Crippen LogP contribution is -2.22. The molecule has 1 amide bonds. The van der Waals surface area contributed by atoms with Crippen LogP contribution in [0, 0.1) is 10.1 Å². The molecule has 1 rings (SSSR count). The molecule has 0 fully saturated rings. The molecule has 0 aromatic heterocycles. The van der Waals surface area contributed by atoms with E-state index in [1.165, 1.54) is 18.2 Å². The lowest BCUT2D eigenvalue weighted by Gasteiger charge is -2.09. The standard InChI is InChI=1S/C13H19N3O4/c1-3-14-13(18)10-4-5-11(12(8-10)16(19)20)15-7-6-9(2)17/h4-5,8-9,15,17H,3,6-7H2,1-2H3,(H,14,18). The third-order valence-electron chi connectivity index (χ3n) is 2.67. The first-order chi connectivity index (χ1) is 9.45. The van der Waals surface area contributed by atoms with E-state index >= 15 is 0 Å². The van der Waals surface area contributed by atoms with E-state index in [9.17, 15) is 14.9 Å². The van der Waals surface area contributed by atoms with Crippen molar-refractivity contribution in [3.63, 3.8) is 0 Å². The number of nitrogens with one attached hydrogen (secondary N) is 2. The van der Waals surface area contributed by atoms with Crippen LogP contribution in [0.5, 0.6) is 0 Å². The van der Waals surface area contributed by atoms with Gasteiger partial charge in [-0.1, -0.05) is 0 Å². The topological polar surface area (TPSA) is 104 Å². The number of carbonyl (C=O) groups excluding carboxylic acids is 1. The van der Waals surface area contributed by atoms with Crippen LogP contribution in [0.15, 0.2) is 18.2 Å². The Morgan fingerprint density at radius 3 is 2.75 bits per heavy atom. The quantitative estimate of drug-likeness (QED) is 0.519. The number of rotatable bonds is 7. The van der Waals surface area contributed by atoms with Gasteiger partial charge < -0.3 is 15.7 Å². The number of aliphatic hydroxyl groups excluding tert-OH is 1. The fourth-order valence-electron chi connectivity index (χ4n) is 1.65. The minimum atomic E-state index is -0.534. The second-order valence-electron chi connectivity index (χ2n) is 4.41. The molecule has 0 saturated carbocycles. The van der Waals surface area contributed by atoms with Crippen molar-refractivity contribution in [2.24, 2.45) is 0 Å². The Balaban J connectivity index is 2.90. The summed E-state index contributed by atoms with van der Waals surface area (Å²) in [6.07, 6.45) is 0.00560. The van der Waals surface area contributed by atoms with Gasteiger partial charge in [-0.2, -0.15) is 0 Å². The summed E-state index contributed by atoms with van der Waals surface area (Å²) in [5.41, 5.74) is 0.433. The van der Waals surface area contributed by atoms with Crippen molar-refractivity contribution in [2.75, 3.05) is 18.4 Å². The Morgan fingerprint density at radius 2 is 2.20 bits per heavy atom. The molecule has 110 valence electrons. The summed E-state index contributed by atoms with van der Waals surface area (Å²) in [5.74, 6) is -0.342. The molecular weight excluding hydrogens is 262 g/mol. The van der Waals surface area contributed by atoms with Crippen LogP contribution in [0.2, 0.25) is 0 Å². The number of benzene rings is 1. The second kappa shape index (κ2) is 7.44. The first-order valence-corrected chi connectivity index (χ1v) is 6.44. The van der Waals surface area contributed by atoms with Crippen molar-refractivity contribution in [3.8, 4) is 0 Å². The molecule has 0 saturated heterocycles. The summed E-state index contributed by atoms with van der Waals surface area (Å²) in [4.78, 5) is 22.1. The summed E-state index contributed by atoms with van der Waals surface area (Å²) in [5, 5.41) is 25.7. The Hall–Kier alpha value is -2.15. The summed E-state index contributed by atoms with van der Waals surface area (Å²) in [6, 6.07) is 4.28. The summed E-state index contributed by atoms with van der Waals surface area (Å²) in [6.45, 7) is 4.30. The van der Waals surface area contributed by atoms with Crippen molar-refractivity contribution in [1.29, 1.82) is 0 Å². The maximum absolute atomic E-state index is 11.6. The zero-order chi connectivity index (χ0) is 15.1. The molecule has 7 nitrogen and oxygen atoms in total. The van der Waals surface area contributed by atoms with Gasteiger partial charge >= 0.3 is 0 Å². The van der Waals surface area contributed by atoms with Gasteiger partial charge in [0.15, 0.2) is 0 Å². The molecular formula is C13H19N3O4. The summed E-state index contributed by atoms with van der Waals surface area (Å²) < 4.78 is 0. The highest BCUT2D eigenvalue weighted by Crippen LogP contribution is 2.25. The summed E-state index contributed by atoms with van der Waals surface area (Å²) >= 11 is 0. The Kier molecular flexibility index (Phi) is 5.92. The van der Waals surface area contributed by atoms with Gasteiger partial charge in [0.05, 0.1) is 11.0 Å². The summed E-state index contributed by atoms with van der Waals surface area (Å²) in [7, 11) is 0. The smallest absolute Gasteiger partial charge is 0.293 e. The third kappa shape index (κ3) is 4.51. The van der Waals surface area contributed by atoms with E-state index in [0.29, 0.717) is 25.2 Å². The number of nitro benzene ring substituents is 1. The zero-order valence-electron chi connectivity index (χ0n) is 11.5. The van der Waals surface area contributed by atoms with Crippen LogP contribution in [-0.2, 0) is 0 Å². The molecule has 1 atom stereocenters. The van der Waals surface area contributed by atoms with Crippen LogP contribution < -0.4 is 10.6 Å². The van der Waals surface area contributed by atoms with E-state index in [1.54, 1.807) is 13.8 Å². The molecule has 0 aliphatic rings.